The van der Waals surface area contributed by atoms with Crippen LogP contribution >= 0.6 is 0 Å². The summed E-state index contributed by atoms with van der Waals surface area (Å²) >= 11 is 0. The Morgan fingerprint density at radius 1 is 0.465 bits per heavy atom. The summed E-state index contributed by atoms with van der Waals surface area (Å²) in [4.78, 5) is 9.98. The van der Waals surface area contributed by atoms with Crippen molar-refractivity contribution in [3.8, 4) is 45.3 Å². The molecule has 0 bridgehead atoms. The second kappa shape index (κ2) is 16.5. The topological polar surface area (TPSA) is 38.5 Å². The zero-order chi connectivity index (χ0) is 48.9. The largest absolute Gasteiger partial charge is 0.457 e. The van der Waals surface area contributed by atoms with Crippen LogP contribution in [0.25, 0.3) is 77.4 Å². The summed E-state index contributed by atoms with van der Waals surface area (Å²) in [6.45, 7) is 18.8. The van der Waals surface area contributed by atoms with Gasteiger partial charge in [-0.3, -0.25) is 4.57 Å². The fourth-order valence-corrected chi connectivity index (χ4v) is 10.8. The number of hydrogen-bond acceptors (Lipinski definition) is 4. The van der Waals surface area contributed by atoms with Crippen molar-refractivity contribution in [2.45, 2.75) is 66.2 Å². The van der Waals surface area contributed by atoms with Gasteiger partial charge >= 0.3 is 0 Å². The van der Waals surface area contributed by atoms with Gasteiger partial charge in [0.15, 0.2) is 0 Å². The molecule has 1 aliphatic rings. The minimum Gasteiger partial charge on any atom is -0.457 e. The van der Waals surface area contributed by atoms with E-state index in [4.69, 9.17) is 9.72 Å². The molecule has 0 N–H and O–H groups in total. The number of rotatable bonds is 7. The van der Waals surface area contributed by atoms with Crippen molar-refractivity contribution < 1.29 is 4.74 Å². The molecule has 350 valence electrons. The number of nitrogens with zero attached hydrogens (tertiary/aromatic N) is 5. The van der Waals surface area contributed by atoms with Gasteiger partial charge in [-0.2, -0.15) is 0 Å². The van der Waals surface area contributed by atoms with Gasteiger partial charge in [-0.15, -0.1) is 0 Å². The first-order valence-electron chi connectivity index (χ1n) is 24.9. The summed E-state index contributed by atoms with van der Waals surface area (Å²) in [5, 5.41) is 4.73. The molecule has 0 aliphatic carbocycles. The highest BCUT2D eigenvalue weighted by atomic mass is 16.5. The lowest BCUT2D eigenvalue weighted by Crippen LogP contribution is -2.24. The Labute approximate surface area is 417 Å². The van der Waals surface area contributed by atoms with Crippen LogP contribution in [-0.4, -0.2) is 27.8 Å². The van der Waals surface area contributed by atoms with Crippen molar-refractivity contribution in [1.82, 2.24) is 14.1 Å². The molecule has 0 saturated carbocycles. The highest BCUT2D eigenvalue weighted by molar-refractivity contribution is 6.17. The number of benzene rings is 8. The molecule has 6 heteroatoms. The van der Waals surface area contributed by atoms with E-state index in [1.165, 1.54) is 72.0 Å². The maximum Gasteiger partial charge on any atom is 0.139 e. The zero-order valence-electron chi connectivity index (χ0n) is 42.2. The van der Waals surface area contributed by atoms with Gasteiger partial charge in [0, 0.05) is 69.8 Å². The second-order valence-electron chi connectivity index (χ2n) is 21.6. The lowest BCUT2D eigenvalue weighted by Gasteiger charge is -2.26. The van der Waals surface area contributed by atoms with E-state index in [2.05, 4.69) is 257 Å². The third kappa shape index (κ3) is 7.52. The van der Waals surface area contributed by atoms with E-state index >= 15 is 0 Å². The van der Waals surface area contributed by atoms with Crippen LogP contribution in [0.2, 0.25) is 0 Å². The highest BCUT2D eigenvalue weighted by Gasteiger charge is 2.28. The summed E-state index contributed by atoms with van der Waals surface area (Å²) in [5.41, 5.74) is 18.7. The van der Waals surface area contributed by atoms with Gasteiger partial charge in [0.1, 0.15) is 17.3 Å². The zero-order valence-corrected chi connectivity index (χ0v) is 42.2. The first-order chi connectivity index (χ1) is 34.2. The van der Waals surface area contributed by atoms with Crippen LogP contribution in [-0.2, 0) is 10.8 Å². The van der Waals surface area contributed by atoms with E-state index in [0.717, 1.165) is 62.8 Å². The van der Waals surface area contributed by atoms with Gasteiger partial charge in [-0.05, 0) is 113 Å². The maximum absolute atomic E-state index is 7.06. The maximum atomic E-state index is 7.06. The second-order valence-corrected chi connectivity index (χ2v) is 21.6. The molecule has 0 fully saturated rings. The first-order valence-corrected chi connectivity index (χ1v) is 24.9. The lowest BCUT2D eigenvalue weighted by molar-refractivity contribution is 0.479. The van der Waals surface area contributed by atoms with Gasteiger partial charge in [0.05, 0.1) is 45.8 Å². The first kappa shape index (κ1) is 44.1. The number of ether oxygens (including phenoxy) is 1. The van der Waals surface area contributed by atoms with Crippen LogP contribution < -0.4 is 14.5 Å². The summed E-state index contributed by atoms with van der Waals surface area (Å²) in [5.74, 6) is 2.39. The van der Waals surface area contributed by atoms with E-state index in [1.54, 1.807) is 0 Å². The van der Waals surface area contributed by atoms with E-state index in [1.807, 2.05) is 6.20 Å². The SMILES string of the molecule is Cc1cc2c(cc1C)N(c1cc(Oc3ccc4c5cc(C(C)(C)C)ccc5n(-c5cc(-n6c7c(-c8ccccc8)cccc7c7cccc(-c8ccccc8)c76)ccn5)c4c3)cc(C(C)(C)C)c1)CN2C. The quantitative estimate of drug-likeness (QED) is 0.160. The van der Waals surface area contributed by atoms with Crippen molar-refractivity contribution in [1.29, 1.82) is 0 Å². The Morgan fingerprint density at radius 2 is 1.10 bits per heavy atom. The van der Waals surface area contributed by atoms with Gasteiger partial charge in [0.2, 0.25) is 0 Å². The van der Waals surface area contributed by atoms with E-state index < -0.39 is 0 Å². The molecule has 11 aromatic rings. The molecule has 0 unspecified atom stereocenters. The normalized spacial score (nSPS) is 13.0. The Balaban J connectivity index is 1.06. The summed E-state index contributed by atoms with van der Waals surface area (Å²) < 4.78 is 11.9. The molecular weight excluding hydrogens is 867 g/mol. The molecule has 0 saturated heterocycles. The molecule has 0 spiro atoms. The molecule has 1 aliphatic heterocycles. The third-order valence-electron chi connectivity index (χ3n) is 14.8. The standard InChI is InChI=1S/C65H59N5O/c1-41-32-59-60(33-42(41)2)68(40-67(59)9)48-34-46(65(6,7)8)35-50(37-48)71-49-27-28-53-56-36-45(64(3,4)5)26-29-57(56)70(58(53)39-49)61-38-47(30-31-66-61)69-62-51(43-18-12-10-13-19-43)22-16-24-54(62)55-25-17-23-52(63(55)69)44-20-14-11-15-21-44/h10-39H,40H2,1-9H3. The molecule has 8 aromatic carbocycles. The molecule has 4 heterocycles. The third-order valence-corrected chi connectivity index (χ3v) is 14.8. The lowest BCUT2D eigenvalue weighted by atomic mass is 9.86. The average molecular weight is 926 g/mol. The van der Waals surface area contributed by atoms with Crippen molar-refractivity contribution >= 4 is 60.7 Å². The fraction of sp³-hybridized carbons (Fsp3) is 0.185. The highest BCUT2D eigenvalue weighted by Crippen LogP contribution is 2.46. The molecule has 0 radical (unpaired) electrons. The van der Waals surface area contributed by atoms with Gasteiger partial charge in [0.25, 0.3) is 0 Å². The van der Waals surface area contributed by atoms with E-state index in [0.29, 0.717) is 0 Å². The Kier molecular flexibility index (Phi) is 10.3. The predicted molar refractivity (Wildman–Crippen MR) is 299 cm³/mol. The minimum absolute atomic E-state index is 0.0365. The van der Waals surface area contributed by atoms with Crippen molar-refractivity contribution in [3.63, 3.8) is 0 Å². The number of anilines is 3. The van der Waals surface area contributed by atoms with Gasteiger partial charge in [-0.25, -0.2) is 4.98 Å². The van der Waals surface area contributed by atoms with Crippen LogP contribution in [0.5, 0.6) is 11.5 Å². The number of pyridine rings is 1. The molecule has 6 nitrogen and oxygen atoms in total. The Hall–Kier alpha value is -8.09. The van der Waals surface area contributed by atoms with Crippen molar-refractivity contribution in [3.05, 3.63) is 204 Å². The molecular formula is C65H59N5O. The molecule has 0 amide bonds. The molecule has 12 rings (SSSR count). The van der Waals surface area contributed by atoms with E-state index in [-0.39, 0.29) is 10.8 Å². The summed E-state index contributed by atoms with van der Waals surface area (Å²) in [6, 6.07) is 64.2. The number of aryl methyl sites for hydroxylation is 2. The van der Waals surface area contributed by atoms with Crippen LogP contribution in [0, 0.1) is 13.8 Å². The van der Waals surface area contributed by atoms with Crippen molar-refractivity contribution in [2.75, 3.05) is 23.5 Å². The van der Waals surface area contributed by atoms with Crippen LogP contribution in [0.1, 0.15) is 63.8 Å². The predicted octanol–water partition coefficient (Wildman–Crippen LogP) is 17.2. The van der Waals surface area contributed by atoms with Crippen LogP contribution in [0.15, 0.2) is 182 Å². The molecule has 0 atom stereocenters. The number of fused-ring (bicyclic) bond motifs is 7. The average Bonchev–Trinajstić information content (AvgIpc) is 4.00. The minimum atomic E-state index is -0.107. The number of para-hydroxylation sites is 2. The number of aromatic nitrogens is 3. The van der Waals surface area contributed by atoms with Crippen LogP contribution in [0.4, 0.5) is 17.1 Å². The Morgan fingerprint density at radius 3 is 1.73 bits per heavy atom. The van der Waals surface area contributed by atoms with Gasteiger partial charge < -0.3 is 19.1 Å². The molecule has 3 aromatic heterocycles. The summed E-state index contributed by atoms with van der Waals surface area (Å²) in [6.07, 6.45) is 1.97. The fourth-order valence-electron chi connectivity index (χ4n) is 10.8. The smallest absolute Gasteiger partial charge is 0.139 e. The van der Waals surface area contributed by atoms with E-state index in [9.17, 15) is 0 Å². The van der Waals surface area contributed by atoms with Crippen LogP contribution in [0.3, 0.4) is 0 Å². The molecule has 71 heavy (non-hydrogen) atoms. The van der Waals surface area contributed by atoms with Gasteiger partial charge in [-0.1, -0.05) is 145 Å². The summed E-state index contributed by atoms with van der Waals surface area (Å²) in [7, 11) is 2.18. The Bertz CT molecular complexity index is 3790. The number of hydrogen-bond donors (Lipinski definition) is 0. The monoisotopic (exact) mass is 925 g/mol. The van der Waals surface area contributed by atoms with Crippen molar-refractivity contribution in [2.24, 2.45) is 0 Å².